The van der Waals surface area contributed by atoms with Crippen LogP contribution in [0.4, 0.5) is 13.2 Å². The molecular weight excluding hydrogens is 363 g/mol. The van der Waals surface area contributed by atoms with Crippen LogP contribution in [0, 0.1) is 0 Å². The minimum absolute atomic E-state index is 0.192. The maximum atomic E-state index is 12.8. The third kappa shape index (κ3) is 4.50. The Hall–Kier alpha value is -2.19. The monoisotopic (exact) mass is 381 g/mol. The molecule has 3 aromatic rings. The van der Waals surface area contributed by atoms with Crippen LogP contribution in [-0.4, -0.2) is 22.1 Å². The van der Waals surface area contributed by atoms with E-state index >= 15 is 0 Å². The number of benzene rings is 1. The van der Waals surface area contributed by atoms with Crippen LogP contribution < -0.4 is 0 Å². The molecule has 4 nitrogen and oxygen atoms in total. The Morgan fingerprint density at radius 3 is 2.73 bits per heavy atom. The van der Waals surface area contributed by atoms with Crippen molar-refractivity contribution in [2.75, 3.05) is 7.05 Å². The predicted molar refractivity (Wildman–Crippen MR) is 92.7 cm³/mol. The van der Waals surface area contributed by atoms with Crippen LogP contribution in [0.5, 0.6) is 0 Å². The first kappa shape index (κ1) is 18.6. The van der Waals surface area contributed by atoms with Crippen LogP contribution in [0.1, 0.15) is 40.7 Å². The maximum Gasteiger partial charge on any atom is 0.416 e. The van der Waals surface area contributed by atoms with Gasteiger partial charge in [0, 0.05) is 17.3 Å². The molecule has 8 heteroatoms. The van der Waals surface area contributed by atoms with E-state index in [2.05, 4.69) is 28.0 Å². The van der Waals surface area contributed by atoms with E-state index in [-0.39, 0.29) is 12.5 Å². The highest BCUT2D eigenvalue weighted by atomic mass is 32.1. The minimum Gasteiger partial charge on any atom is -0.338 e. The first-order valence-electron chi connectivity index (χ1n) is 8.04. The molecule has 2 heterocycles. The molecule has 0 radical (unpaired) electrons. The predicted octanol–water partition coefficient (Wildman–Crippen LogP) is 4.93. The van der Waals surface area contributed by atoms with Gasteiger partial charge in [0.25, 0.3) is 0 Å². The molecular formula is C18H18F3N3OS. The zero-order valence-electron chi connectivity index (χ0n) is 14.3. The average molecular weight is 381 g/mol. The second kappa shape index (κ2) is 7.59. The van der Waals surface area contributed by atoms with E-state index < -0.39 is 11.7 Å². The van der Waals surface area contributed by atoms with Gasteiger partial charge < -0.3 is 4.52 Å². The van der Waals surface area contributed by atoms with Crippen molar-refractivity contribution in [3.8, 4) is 0 Å². The van der Waals surface area contributed by atoms with Crippen molar-refractivity contribution in [2.24, 2.45) is 0 Å². The summed E-state index contributed by atoms with van der Waals surface area (Å²) >= 11 is 1.68. The normalized spacial score (nSPS) is 13.3. The van der Waals surface area contributed by atoms with Gasteiger partial charge in [-0.3, -0.25) is 4.90 Å². The van der Waals surface area contributed by atoms with Crippen molar-refractivity contribution in [1.82, 2.24) is 15.0 Å². The van der Waals surface area contributed by atoms with Gasteiger partial charge in [-0.2, -0.15) is 18.2 Å². The summed E-state index contributed by atoms with van der Waals surface area (Å²) in [4.78, 5) is 7.61. The summed E-state index contributed by atoms with van der Waals surface area (Å²) in [7, 11) is 1.96. The van der Waals surface area contributed by atoms with Gasteiger partial charge in [0.15, 0.2) is 5.82 Å². The molecule has 0 aliphatic heterocycles. The number of alkyl halides is 3. The van der Waals surface area contributed by atoms with E-state index in [1.807, 2.05) is 18.5 Å². The third-order valence-electron chi connectivity index (χ3n) is 4.13. The van der Waals surface area contributed by atoms with Gasteiger partial charge in [-0.25, -0.2) is 0 Å². The van der Waals surface area contributed by atoms with Crippen molar-refractivity contribution in [3.05, 3.63) is 69.5 Å². The van der Waals surface area contributed by atoms with E-state index in [1.54, 1.807) is 17.4 Å². The summed E-state index contributed by atoms with van der Waals surface area (Å²) in [6, 6.07) is 9.44. The van der Waals surface area contributed by atoms with Crippen molar-refractivity contribution in [3.63, 3.8) is 0 Å². The van der Waals surface area contributed by atoms with Crippen LogP contribution in [0.25, 0.3) is 0 Å². The van der Waals surface area contributed by atoms with Gasteiger partial charge in [0.2, 0.25) is 5.89 Å². The number of aromatic nitrogens is 2. The Balaban J connectivity index is 1.65. The molecule has 0 saturated carbocycles. The lowest BCUT2D eigenvalue weighted by Gasteiger charge is -2.21. The first-order chi connectivity index (χ1) is 12.3. The molecule has 0 amide bonds. The second-order valence-corrected chi connectivity index (χ2v) is 7.07. The van der Waals surface area contributed by atoms with Gasteiger partial charge in [-0.05, 0) is 37.0 Å². The van der Waals surface area contributed by atoms with Gasteiger partial charge >= 0.3 is 6.18 Å². The van der Waals surface area contributed by atoms with Crippen LogP contribution >= 0.6 is 11.3 Å². The minimum atomic E-state index is -4.36. The highest BCUT2D eigenvalue weighted by Gasteiger charge is 2.30. The van der Waals surface area contributed by atoms with E-state index in [0.717, 1.165) is 12.1 Å². The Labute approximate surface area is 153 Å². The molecule has 0 spiro atoms. The largest absolute Gasteiger partial charge is 0.416 e. The number of rotatable bonds is 6. The Morgan fingerprint density at radius 1 is 1.23 bits per heavy atom. The van der Waals surface area contributed by atoms with Gasteiger partial charge in [0.1, 0.15) is 0 Å². The molecule has 0 unspecified atom stereocenters. The molecule has 138 valence electrons. The summed E-state index contributed by atoms with van der Waals surface area (Å²) in [6.07, 6.45) is -4.17. The zero-order chi connectivity index (χ0) is 18.7. The molecule has 3 rings (SSSR count). The van der Waals surface area contributed by atoms with Crippen LogP contribution in [0.2, 0.25) is 0 Å². The van der Waals surface area contributed by atoms with Crippen LogP contribution in [0.3, 0.4) is 0 Å². The van der Waals surface area contributed by atoms with Crippen molar-refractivity contribution in [1.29, 1.82) is 0 Å². The standard InChI is InChI=1S/C18H18F3N3OS/c1-12(15-7-4-8-26-15)24(2)11-17-22-16(23-25-17)10-13-5-3-6-14(9-13)18(19,20)21/h3-9,12H,10-11H2,1-2H3/t12-/m1/s1. The zero-order valence-corrected chi connectivity index (χ0v) is 15.1. The van der Waals surface area contributed by atoms with Crippen molar-refractivity contribution >= 4 is 11.3 Å². The fourth-order valence-corrected chi connectivity index (χ4v) is 3.41. The molecule has 0 N–H and O–H groups in total. The molecule has 2 aromatic heterocycles. The highest BCUT2D eigenvalue weighted by molar-refractivity contribution is 7.10. The highest BCUT2D eigenvalue weighted by Crippen LogP contribution is 2.30. The summed E-state index contributed by atoms with van der Waals surface area (Å²) < 4.78 is 43.6. The first-order valence-corrected chi connectivity index (χ1v) is 8.92. The summed E-state index contributed by atoms with van der Waals surface area (Å²) in [6.45, 7) is 2.56. The number of thiophene rings is 1. The third-order valence-corrected chi connectivity index (χ3v) is 5.17. The molecule has 1 aromatic carbocycles. The van der Waals surface area contributed by atoms with E-state index in [4.69, 9.17) is 4.52 Å². The molecule has 0 aliphatic rings. The summed E-state index contributed by atoms with van der Waals surface area (Å²) in [5.74, 6) is 0.814. The summed E-state index contributed by atoms with van der Waals surface area (Å²) in [5, 5.41) is 5.91. The van der Waals surface area contributed by atoms with E-state index in [9.17, 15) is 13.2 Å². The Kier molecular flexibility index (Phi) is 5.43. The van der Waals surface area contributed by atoms with Gasteiger partial charge in [-0.15, -0.1) is 11.3 Å². The van der Waals surface area contributed by atoms with E-state index in [1.165, 1.54) is 10.9 Å². The molecule has 1 atom stereocenters. The molecule has 0 aliphatic carbocycles. The van der Waals surface area contributed by atoms with Gasteiger partial charge in [-0.1, -0.05) is 29.4 Å². The Morgan fingerprint density at radius 2 is 2.04 bits per heavy atom. The lowest BCUT2D eigenvalue weighted by molar-refractivity contribution is -0.137. The number of halogens is 3. The van der Waals surface area contributed by atoms with Crippen LogP contribution in [-0.2, 0) is 19.1 Å². The molecule has 26 heavy (non-hydrogen) atoms. The lowest BCUT2D eigenvalue weighted by Crippen LogP contribution is -2.21. The van der Waals surface area contributed by atoms with Crippen molar-refractivity contribution < 1.29 is 17.7 Å². The number of hydrogen-bond donors (Lipinski definition) is 0. The fraction of sp³-hybridized carbons (Fsp3) is 0.333. The fourth-order valence-electron chi connectivity index (χ4n) is 2.56. The SMILES string of the molecule is C[C@H](c1cccs1)N(C)Cc1nc(Cc2cccc(C(F)(F)F)c2)no1. The van der Waals surface area contributed by atoms with Crippen LogP contribution in [0.15, 0.2) is 46.3 Å². The maximum absolute atomic E-state index is 12.8. The van der Waals surface area contributed by atoms with Gasteiger partial charge in [0.05, 0.1) is 12.1 Å². The topological polar surface area (TPSA) is 42.2 Å². The molecule has 0 bridgehead atoms. The van der Waals surface area contributed by atoms with Crippen molar-refractivity contribution in [2.45, 2.75) is 32.1 Å². The molecule has 0 fully saturated rings. The second-order valence-electron chi connectivity index (χ2n) is 6.09. The number of nitrogens with zero attached hydrogens (tertiary/aromatic N) is 3. The summed E-state index contributed by atoms with van der Waals surface area (Å²) in [5.41, 5.74) is -0.185. The smallest absolute Gasteiger partial charge is 0.338 e. The number of hydrogen-bond acceptors (Lipinski definition) is 5. The quantitative estimate of drug-likeness (QED) is 0.607. The Bertz CT molecular complexity index is 845. The average Bonchev–Trinajstić information content (AvgIpc) is 3.26. The lowest BCUT2D eigenvalue weighted by atomic mass is 10.1. The molecule has 0 saturated heterocycles. The van der Waals surface area contributed by atoms with E-state index in [0.29, 0.717) is 23.8 Å².